The lowest BCUT2D eigenvalue weighted by Gasteiger charge is -2.19. The SMILES string of the molecule is Cc1c(F)c(F)c(C)c(F)c1F.NCO.O=S1(=O)c2ccccc2Cc2ccccc21.c1ccc(-n2cnc3ccccc32)cc1.c1ccc2c(c1)c1ccccc1c1ccccc21.c1cnc2c(c1)ccc1cccnc12. The van der Waals surface area contributed by atoms with E-state index in [2.05, 4.69) is 141 Å². The molecular weight excluding hydrogens is 1010 g/mol. The van der Waals surface area contributed by atoms with E-state index >= 15 is 0 Å². The van der Waals surface area contributed by atoms with E-state index < -0.39 is 44.2 Å². The van der Waals surface area contributed by atoms with Gasteiger partial charge in [-0.05, 0) is 106 Å². The van der Waals surface area contributed by atoms with E-state index in [4.69, 9.17) is 5.11 Å². The predicted octanol–water partition coefficient (Wildman–Crippen LogP) is 15.1. The van der Waals surface area contributed by atoms with Crippen LogP contribution in [0, 0.1) is 37.1 Å². The van der Waals surface area contributed by atoms with Crippen molar-refractivity contribution in [1.29, 1.82) is 0 Å². The predicted molar refractivity (Wildman–Crippen MR) is 305 cm³/mol. The number of pyridine rings is 2. The van der Waals surface area contributed by atoms with Crippen LogP contribution < -0.4 is 5.73 Å². The molecule has 0 radical (unpaired) electrons. The van der Waals surface area contributed by atoms with Gasteiger partial charge in [0.05, 0.1) is 38.6 Å². The molecule has 3 aromatic heterocycles. The van der Waals surface area contributed by atoms with Gasteiger partial charge in [0.15, 0.2) is 23.3 Å². The zero-order chi connectivity index (χ0) is 54.8. The van der Waals surface area contributed by atoms with E-state index in [1.165, 1.54) is 32.3 Å². The Balaban J connectivity index is 0.000000118. The Morgan fingerprint density at radius 3 is 1.24 bits per heavy atom. The van der Waals surface area contributed by atoms with Crippen molar-refractivity contribution in [3.63, 3.8) is 0 Å². The number of hydrogen-bond acceptors (Lipinski definition) is 7. The molecule has 4 heterocycles. The molecule has 0 spiro atoms. The van der Waals surface area contributed by atoms with Crippen molar-refractivity contribution in [2.24, 2.45) is 5.73 Å². The minimum absolute atomic E-state index is 0.250. The van der Waals surface area contributed by atoms with E-state index in [9.17, 15) is 26.0 Å². The van der Waals surface area contributed by atoms with Crippen molar-refractivity contribution >= 4 is 75.0 Å². The van der Waals surface area contributed by atoms with Crippen LogP contribution in [0.4, 0.5) is 17.6 Å². The van der Waals surface area contributed by atoms with Crippen molar-refractivity contribution in [1.82, 2.24) is 19.5 Å². The second-order valence-corrected chi connectivity index (χ2v) is 19.8. The maximum absolute atomic E-state index is 12.7. The third-order valence-electron chi connectivity index (χ3n) is 13.1. The Morgan fingerprint density at radius 1 is 0.462 bits per heavy atom. The van der Waals surface area contributed by atoms with Crippen molar-refractivity contribution in [2.45, 2.75) is 30.1 Å². The highest BCUT2D eigenvalue weighted by Crippen LogP contribution is 2.36. The number of sulfone groups is 1. The van der Waals surface area contributed by atoms with E-state index in [0.717, 1.165) is 63.5 Å². The number of nitrogens with zero attached hydrogens (tertiary/aromatic N) is 4. The molecule has 1 aliphatic heterocycles. The van der Waals surface area contributed by atoms with Crippen molar-refractivity contribution in [3.8, 4) is 5.69 Å². The number of para-hydroxylation sites is 3. The quantitative estimate of drug-likeness (QED) is 0.0726. The van der Waals surface area contributed by atoms with Gasteiger partial charge in [-0.15, -0.1) is 0 Å². The number of hydrogen-bond donors (Lipinski definition) is 2. The standard InChI is InChI=1S/C18H12.C13H10N2.C13H10O2S.C12H8N2.C8H6F4.CH5NO/c1-2-8-14-13(7-1)15-9-3-4-11-17(15)18-12-6-5-10-16(14)18;1-2-6-11(7-3-1)15-10-14-12-8-4-5-9-13(12)15;14-16(15)12-7-3-1-5-10(12)9-11-6-2-4-8-13(11)16;1-3-9-5-6-10-4-2-8-14-12(10)11(9)13-7-1;1-3-5(9)7(11)4(2)8(12)6(3)10;2-1-3/h1-12H;1-10H;1-8H,9H2;1-8H;1-2H3;3H,1-2H2. The molecule has 0 fully saturated rings. The third-order valence-corrected chi connectivity index (χ3v) is 15.0. The van der Waals surface area contributed by atoms with Gasteiger partial charge in [0, 0.05) is 46.4 Å². The number of rotatable bonds is 1. The first-order valence-electron chi connectivity index (χ1n) is 24.8. The first-order chi connectivity index (χ1) is 37.9. The summed E-state index contributed by atoms with van der Waals surface area (Å²) in [6, 6.07) is 70.9. The highest BCUT2D eigenvalue weighted by molar-refractivity contribution is 7.91. The summed E-state index contributed by atoms with van der Waals surface area (Å²) in [6.45, 7) is 1.71. The maximum Gasteiger partial charge on any atom is 0.207 e. The second-order valence-electron chi connectivity index (χ2n) is 17.9. The van der Waals surface area contributed by atoms with E-state index in [1.807, 2.05) is 79.1 Å². The second kappa shape index (κ2) is 24.2. The smallest absolute Gasteiger partial charge is 0.207 e. The molecule has 78 heavy (non-hydrogen) atoms. The molecule has 0 saturated heterocycles. The Kier molecular flexibility index (Phi) is 16.7. The summed E-state index contributed by atoms with van der Waals surface area (Å²) in [5.74, 6) is -5.31. The molecule has 1 aliphatic rings. The average molecular weight is 1060 g/mol. The number of aliphatic hydroxyl groups is 1. The molecule has 8 nitrogen and oxygen atoms in total. The summed E-state index contributed by atoms with van der Waals surface area (Å²) < 4.78 is 77.3. The first-order valence-corrected chi connectivity index (χ1v) is 26.3. The summed E-state index contributed by atoms with van der Waals surface area (Å²) in [5.41, 5.74) is 10.2. The molecule has 10 aromatic carbocycles. The number of aromatic nitrogens is 4. The monoisotopic (exact) mass is 1060 g/mol. The minimum atomic E-state index is -3.30. The van der Waals surface area contributed by atoms with Gasteiger partial charge in [0.1, 0.15) is 6.33 Å². The average Bonchev–Trinajstić information content (AvgIpc) is 4.10. The Morgan fingerprint density at radius 2 is 0.821 bits per heavy atom. The van der Waals surface area contributed by atoms with E-state index in [-0.39, 0.29) is 6.73 Å². The van der Waals surface area contributed by atoms with E-state index in [1.54, 1.807) is 36.7 Å². The molecule has 388 valence electrons. The van der Waals surface area contributed by atoms with Crippen LogP contribution in [-0.2, 0) is 16.3 Å². The molecule has 0 amide bonds. The fourth-order valence-electron chi connectivity index (χ4n) is 9.29. The van der Waals surface area contributed by atoms with Gasteiger partial charge >= 0.3 is 0 Å². The van der Waals surface area contributed by atoms with Crippen LogP contribution >= 0.6 is 0 Å². The lowest BCUT2D eigenvalue weighted by molar-refractivity contribution is 0.307. The number of benzene rings is 10. The molecular formula is C65H51F4N5O3S. The Hall–Kier alpha value is -9.14. The van der Waals surface area contributed by atoms with Crippen LogP contribution in [0.2, 0.25) is 0 Å². The van der Waals surface area contributed by atoms with Gasteiger partial charge < -0.3 is 10.8 Å². The lowest BCUT2D eigenvalue weighted by atomic mass is 9.95. The highest BCUT2D eigenvalue weighted by atomic mass is 32.2. The molecule has 0 bridgehead atoms. The van der Waals surface area contributed by atoms with Gasteiger partial charge in [-0.1, -0.05) is 164 Å². The number of aliphatic hydroxyl groups excluding tert-OH is 1. The number of fused-ring (bicyclic) bond motifs is 12. The summed E-state index contributed by atoms with van der Waals surface area (Å²) >= 11 is 0. The third kappa shape index (κ3) is 11.2. The topological polar surface area (TPSA) is 124 Å². The molecule has 0 saturated carbocycles. The molecule has 13 heteroatoms. The number of imidazole rings is 1. The Labute approximate surface area is 448 Å². The zero-order valence-corrected chi connectivity index (χ0v) is 43.2. The highest BCUT2D eigenvalue weighted by Gasteiger charge is 2.28. The molecule has 13 aromatic rings. The van der Waals surface area contributed by atoms with Gasteiger partial charge in [-0.25, -0.2) is 31.0 Å². The van der Waals surface area contributed by atoms with Gasteiger partial charge in [-0.2, -0.15) is 0 Å². The summed E-state index contributed by atoms with van der Waals surface area (Å²) in [6.07, 6.45) is 6.17. The molecule has 0 unspecified atom stereocenters. The van der Waals surface area contributed by atoms with Crippen LogP contribution in [0.3, 0.4) is 0 Å². The van der Waals surface area contributed by atoms with Gasteiger partial charge in [0.25, 0.3) is 0 Å². The first kappa shape index (κ1) is 53.7. The van der Waals surface area contributed by atoms with Crippen LogP contribution in [0.25, 0.3) is 70.8 Å². The molecule has 14 rings (SSSR count). The fraction of sp³-hybridized carbons (Fsp3) is 0.0615. The molecule has 0 atom stereocenters. The van der Waals surface area contributed by atoms with Crippen molar-refractivity contribution in [2.75, 3.05) is 6.73 Å². The van der Waals surface area contributed by atoms with Crippen molar-refractivity contribution in [3.05, 3.63) is 277 Å². The van der Waals surface area contributed by atoms with Gasteiger partial charge in [-0.3, -0.25) is 14.5 Å². The minimum Gasteiger partial charge on any atom is -0.382 e. The molecule has 3 N–H and O–H groups in total. The van der Waals surface area contributed by atoms with Gasteiger partial charge in [0.2, 0.25) is 9.84 Å². The summed E-state index contributed by atoms with van der Waals surface area (Å²) in [4.78, 5) is 14.0. The largest absolute Gasteiger partial charge is 0.382 e. The zero-order valence-electron chi connectivity index (χ0n) is 42.4. The normalized spacial score (nSPS) is 11.8. The number of halogens is 4. The number of nitrogens with two attached hydrogens (primary N) is 1. The summed E-state index contributed by atoms with van der Waals surface area (Å²) in [7, 11) is -3.30. The van der Waals surface area contributed by atoms with Crippen LogP contribution in [0.15, 0.2) is 241 Å². The maximum atomic E-state index is 12.7. The van der Waals surface area contributed by atoms with Crippen LogP contribution in [-0.4, -0.2) is 39.8 Å². The lowest BCUT2D eigenvalue weighted by Crippen LogP contribution is -2.14. The van der Waals surface area contributed by atoms with E-state index in [0.29, 0.717) is 16.2 Å². The van der Waals surface area contributed by atoms with Crippen LogP contribution in [0.5, 0.6) is 0 Å². The van der Waals surface area contributed by atoms with Crippen molar-refractivity contribution < 1.29 is 31.1 Å². The van der Waals surface area contributed by atoms with Crippen LogP contribution in [0.1, 0.15) is 22.3 Å². The molecule has 0 aliphatic carbocycles. The Bertz CT molecular complexity index is 3930. The fourth-order valence-corrected chi connectivity index (χ4v) is 11.0. The summed E-state index contributed by atoms with van der Waals surface area (Å²) in [5, 5.41) is 17.7.